The van der Waals surface area contributed by atoms with Crippen LogP contribution in [-0.2, 0) is 15.3 Å². The van der Waals surface area contributed by atoms with Gasteiger partial charge in [-0.05, 0) is 43.9 Å². The minimum atomic E-state index is -1.14. The Morgan fingerprint density at radius 1 is 1.09 bits per heavy atom. The molecule has 1 saturated heterocycles. The van der Waals surface area contributed by atoms with Crippen LogP contribution in [0.15, 0.2) is 60.7 Å². The molecule has 0 aromatic heterocycles. The van der Waals surface area contributed by atoms with Gasteiger partial charge in [-0.25, -0.2) is 4.79 Å². The Morgan fingerprint density at radius 2 is 1.74 bits per heavy atom. The molecule has 0 radical (unpaired) electrons. The minimum Gasteiger partial charge on any atom is -0.437 e. The van der Waals surface area contributed by atoms with Gasteiger partial charge < -0.3 is 16.2 Å². The summed E-state index contributed by atoms with van der Waals surface area (Å²) in [4.78, 5) is 28.6. The number of carbonyl (C=O) groups excluding carboxylic acids is 2. The highest BCUT2D eigenvalue weighted by Gasteiger charge is 2.54. The minimum absolute atomic E-state index is 0.0724. The molecule has 1 aliphatic heterocycles. The van der Waals surface area contributed by atoms with Crippen molar-refractivity contribution in [3.63, 3.8) is 0 Å². The number of nitrogens with zero attached hydrogens (tertiary/aromatic N) is 1. The highest BCUT2D eigenvalue weighted by Crippen LogP contribution is 2.40. The van der Waals surface area contributed by atoms with Crippen LogP contribution in [0.5, 0.6) is 0 Å². The van der Waals surface area contributed by atoms with Crippen LogP contribution >= 0.6 is 11.8 Å². The second-order valence-electron chi connectivity index (χ2n) is 9.43. The number of hydrogen-bond donors (Lipinski definition) is 2. The van der Waals surface area contributed by atoms with Crippen molar-refractivity contribution in [2.75, 3.05) is 12.3 Å². The third-order valence-electron chi connectivity index (χ3n) is 6.72. The van der Waals surface area contributed by atoms with Gasteiger partial charge in [0.15, 0.2) is 11.9 Å². The zero-order valence-electron chi connectivity index (χ0n) is 20.9. The lowest BCUT2D eigenvalue weighted by atomic mass is 9.89. The van der Waals surface area contributed by atoms with Crippen LogP contribution < -0.4 is 11.5 Å². The molecule has 0 bridgehead atoms. The van der Waals surface area contributed by atoms with E-state index in [4.69, 9.17) is 16.2 Å². The molecule has 7 heteroatoms. The Balaban J connectivity index is 1.78. The third kappa shape index (κ3) is 6.87. The van der Waals surface area contributed by atoms with Crippen LogP contribution in [0.25, 0.3) is 0 Å². The normalized spacial score (nSPS) is 21.5. The van der Waals surface area contributed by atoms with Crippen molar-refractivity contribution in [1.29, 1.82) is 0 Å². The lowest BCUT2D eigenvalue weighted by Crippen LogP contribution is -2.60. The molecule has 2 aromatic carbocycles. The molecule has 1 heterocycles. The van der Waals surface area contributed by atoms with Gasteiger partial charge in [0, 0.05) is 17.4 Å². The van der Waals surface area contributed by atoms with Crippen LogP contribution in [0, 0.1) is 5.92 Å². The zero-order valence-corrected chi connectivity index (χ0v) is 21.7. The molecule has 6 nitrogen and oxygen atoms in total. The highest BCUT2D eigenvalue weighted by molar-refractivity contribution is 7.98. The summed E-state index contributed by atoms with van der Waals surface area (Å²) in [7, 11) is 0. The third-order valence-corrected chi connectivity index (χ3v) is 7.89. The van der Waals surface area contributed by atoms with Crippen molar-refractivity contribution in [3.05, 3.63) is 71.8 Å². The fourth-order valence-electron chi connectivity index (χ4n) is 4.72. The second-order valence-corrected chi connectivity index (χ2v) is 10.5. The van der Waals surface area contributed by atoms with E-state index >= 15 is 0 Å². The number of cyclic esters (lactones) is 1. The van der Waals surface area contributed by atoms with Crippen molar-refractivity contribution in [1.82, 2.24) is 4.90 Å². The zero-order chi connectivity index (χ0) is 25.3. The van der Waals surface area contributed by atoms with Crippen molar-refractivity contribution < 1.29 is 14.3 Å². The molecule has 4 atom stereocenters. The number of ketones is 1. The molecule has 0 saturated carbocycles. The number of ether oxygens (including phenoxy) is 1. The largest absolute Gasteiger partial charge is 0.437 e. The van der Waals surface area contributed by atoms with Crippen molar-refractivity contribution >= 4 is 23.6 Å². The molecule has 0 aliphatic carbocycles. The predicted octanol–water partition coefficient (Wildman–Crippen LogP) is 5.27. The van der Waals surface area contributed by atoms with E-state index in [1.165, 1.54) is 10.5 Å². The van der Waals surface area contributed by atoms with E-state index in [9.17, 15) is 9.59 Å². The molecule has 35 heavy (non-hydrogen) atoms. The molecular weight excluding hydrogens is 458 g/mol. The van der Waals surface area contributed by atoms with E-state index in [-0.39, 0.29) is 11.7 Å². The van der Waals surface area contributed by atoms with E-state index in [0.717, 1.165) is 30.6 Å². The Hall–Kier alpha value is -2.35. The van der Waals surface area contributed by atoms with Gasteiger partial charge in [-0.1, -0.05) is 80.4 Å². The maximum absolute atomic E-state index is 13.9. The number of unbranched alkanes of at least 4 members (excludes halogenated alkanes) is 2. The number of carbonyl (C=O) groups is 2. The number of nitrogens with two attached hydrogens (primary N) is 2. The lowest BCUT2D eigenvalue weighted by molar-refractivity contribution is -0.128. The average Bonchev–Trinajstić information content (AvgIpc) is 3.11. The average molecular weight is 498 g/mol. The molecule has 3 rings (SSSR count). The second kappa shape index (κ2) is 13.1. The summed E-state index contributed by atoms with van der Waals surface area (Å²) < 4.78 is 5.77. The molecule has 1 aliphatic rings. The summed E-state index contributed by atoms with van der Waals surface area (Å²) >= 11 is 1.75. The van der Waals surface area contributed by atoms with Crippen LogP contribution in [-0.4, -0.2) is 40.8 Å². The predicted molar refractivity (Wildman–Crippen MR) is 143 cm³/mol. The van der Waals surface area contributed by atoms with Crippen molar-refractivity contribution in [2.24, 2.45) is 17.4 Å². The Bertz CT molecular complexity index is 939. The van der Waals surface area contributed by atoms with E-state index in [2.05, 4.69) is 12.1 Å². The number of amides is 1. The standard InChI is InChI=1S/C28H39N3O3S/c1-3-22(20-35-19-21-13-7-4-8-14-21)25(32)24(17-11-6-12-18-29)31-27(33)34-26(28(31,2)30)23-15-9-5-10-16-23/h4-5,7-10,13-16,22,24,26H,3,6,11-12,17-20,29-30H2,1-2H3/t22-,24?,26-,28+/m1/s1. The van der Waals surface area contributed by atoms with Gasteiger partial charge in [0.2, 0.25) is 0 Å². The topological polar surface area (TPSA) is 98.7 Å². The first kappa shape index (κ1) is 27.2. The number of thioether (sulfide) groups is 1. The lowest BCUT2D eigenvalue weighted by Gasteiger charge is -2.38. The smallest absolute Gasteiger partial charge is 0.412 e. The van der Waals surface area contributed by atoms with Crippen LogP contribution in [0.3, 0.4) is 0 Å². The summed E-state index contributed by atoms with van der Waals surface area (Å²) in [6.45, 7) is 4.44. The van der Waals surface area contributed by atoms with E-state index in [1.54, 1.807) is 18.7 Å². The van der Waals surface area contributed by atoms with E-state index in [1.807, 2.05) is 55.5 Å². The molecule has 1 amide bonds. The molecule has 4 N–H and O–H groups in total. The fraction of sp³-hybridized carbons (Fsp3) is 0.500. The van der Waals surface area contributed by atoms with Crippen molar-refractivity contribution in [2.45, 2.75) is 69.5 Å². The van der Waals surface area contributed by atoms with E-state index in [0.29, 0.717) is 25.1 Å². The maximum atomic E-state index is 13.9. The summed E-state index contributed by atoms with van der Waals surface area (Å²) in [6, 6.07) is 19.1. The molecule has 1 fully saturated rings. The van der Waals surface area contributed by atoms with Gasteiger partial charge in [0.05, 0.1) is 6.04 Å². The first-order chi connectivity index (χ1) is 16.9. The SMILES string of the molecule is CC[C@H](CSCc1ccccc1)C(=O)C(CCCCCN)N1C(=O)O[C@H](c2ccccc2)[C@@]1(C)N. The Morgan fingerprint density at radius 3 is 2.37 bits per heavy atom. The molecular formula is C28H39N3O3S. The molecule has 190 valence electrons. The number of hydrogen-bond acceptors (Lipinski definition) is 6. The Labute approximate surface area is 213 Å². The maximum Gasteiger partial charge on any atom is 0.412 e. The quantitative estimate of drug-likeness (QED) is 0.345. The number of Topliss-reactive ketones (excluding diaryl/α,β-unsaturated/α-hetero) is 1. The van der Waals surface area contributed by atoms with Crippen molar-refractivity contribution in [3.8, 4) is 0 Å². The summed E-state index contributed by atoms with van der Waals surface area (Å²) in [5.41, 5.74) is 13.4. The molecule has 0 spiro atoms. The summed E-state index contributed by atoms with van der Waals surface area (Å²) in [5.74, 6) is 1.46. The summed E-state index contributed by atoms with van der Waals surface area (Å²) in [5, 5.41) is 0. The number of benzene rings is 2. The van der Waals surface area contributed by atoms with Gasteiger partial charge in [0.25, 0.3) is 0 Å². The van der Waals surface area contributed by atoms with Gasteiger partial charge in [-0.15, -0.1) is 0 Å². The van der Waals surface area contributed by atoms with Gasteiger partial charge in [-0.3, -0.25) is 9.69 Å². The van der Waals surface area contributed by atoms with Gasteiger partial charge >= 0.3 is 6.09 Å². The molecule has 1 unspecified atom stereocenters. The van der Waals surface area contributed by atoms with Gasteiger partial charge in [-0.2, -0.15) is 11.8 Å². The number of rotatable bonds is 14. The van der Waals surface area contributed by atoms with E-state index < -0.39 is 23.9 Å². The van der Waals surface area contributed by atoms with Gasteiger partial charge in [0.1, 0.15) is 5.66 Å². The van der Waals surface area contributed by atoms with Crippen LogP contribution in [0.4, 0.5) is 4.79 Å². The van der Waals surface area contributed by atoms with Crippen LogP contribution in [0.2, 0.25) is 0 Å². The Kier molecular flexibility index (Phi) is 10.2. The monoisotopic (exact) mass is 497 g/mol. The fourth-order valence-corrected chi connectivity index (χ4v) is 5.95. The first-order valence-corrected chi connectivity index (χ1v) is 13.7. The van der Waals surface area contributed by atoms with Crippen LogP contribution in [0.1, 0.15) is 63.2 Å². The summed E-state index contributed by atoms with van der Waals surface area (Å²) in [6.07, 6.45) is 2.72. The highest BCUT2D eigenvalue weighted by atomic mass is 32.2. The molecule has 2 aromatic rings. The first-order valence-electron chi connectivity index (χ1n) is 12.6.